The number of aromatic amines is 1. The largest absolute Gasteiger partial charge is 0.488 e. The zero-order valence-electron chi connectivity index (χ0n) is 13.0. The van der Waals surface area contributed by atoms with Gasteiger partial charge in [-0.25, -0.2) is 0 Å². The minimum absolute atomic E-state index is 0.0755. The van der Waals surface area contributed by atoms with Gasteiger partial charge < -0.3 is 14.5 Å². The van der Waals surface area contributed by atoms with Crippen LogP contribution < -0.4 is 5.56 Å². The minimum Gasteiger partial charge on any atom is -0.488 e. The Hall–Kier alpha value is -4.19. The number of rotatable bonds is 4. The molecule has 128 valence electrons. The van der Waals surface area contributed by atoms with Crippen molar-refractivity contribution in [3.8, 4) is 23.3 Å². The number of furan rings is 1. The lowest BCUT2D eigenvalue weighted by atomic mass is 10.1. The molecule has 0 fully saturated rings. The summed E-state index contributed by atoms with van der Waals surface area (Å²) < 4.78 is 5.63. The maximum absolute atomic E-state index is 11.6. The van der Waals surface area contributed by atoms with Crippen LogP contribution in [0, 0.1) is 21.4 Å². The van der Waals surface area contributed by atoms with E-state index in [0.29, 0.717) is 22.6 Å². The van der Waals surface area contributed by atoms with Crippen LogP contribution in [0.1, 0.15) is 17.1 Å². The molecule has 0 spiro atoms. The van der Waals surface area contributed by atoms with Gasteiger partial charge in [0.2, 0.25) is 0 Å². The molecule has 3 aromatic rings. The van der Waals surface area contributed by atoms with Crippen molar-refractivity contribution in [3.63, 3.8) is 0 Å². The minimum atomic E-state index is -1.06. The highest BCUT2D eigenvalue weighted by molar-refractivity contribution is 5.69. The van der Waals surface area contributed by atoms with Gasteiger partial charge in [0, 0.05) is 5.56 Å². The van der Waals surface area contributed by atoms with Crippen molar-refractivity contribution in [2.75, 3.05) is 0 Å². The maximum Gasteiger partial charge on any atom is 0.395 e. The van der Waals surface area contributed by atoms with Crippen LogP contribution in [0.5, 0.6) is 5.88 Å². The Balaban J connectivity index is 1.89. The molecule has 0 aliphatic carbocycles. The second-order valence-corrected chi connectivity index (χ2v) is 5.07. The van der Waals surface area contributed by atoms with Crippen LogP contribution in [0.15, 0.2) is 45.6 Å². The molecule has 0 atom stereocenters. The molecule has 0 aliphatic rings. The average molecular weight is 350 g/mol. The Kier molecular flexibility index (Phi) is 4.32. The lowest BCUT2D eigenvalue weighted by Crippen LogP contribution is -2.14. The standard InChI is InChI=1S/C17H10N4O5/c18-9-10-3-1-2-4-12(10)13-7-5-11(26-13)6-8-14-19-16(22)15(21(24)25)17(23)20-14/h1-8H,(H2,19,20,22,23)/b8-6+. The Morgan fingerprint density at radius 3 is 2.73 bits per heavy atom. The second kappa shape index (κ2) is 6.74. The van der Waals surface area contributed by atoms with E-state index >= 15 is 0 Å². The summed E-state index contributed by atoms with van der Waals surface area (Å²) in [6.07, 6.45) is 2.78. The highest BCUT2D eigenvalue weighted by atomic mass is 16.6. The van der Waals surface area contributed by atoms with Crippen molar-refractivity contribution >= 4 is 17.8 Å². The van der Waals surface area contributed by atoms with Gasteiger partial charge in [-0.3, -0.25) is 14.9 Å². The third kappa shape index (κ3) is 3.20. The highest BCUT2D eigenvalue weighted by Crippen LogP contribution is 2.26. The average Bonchev–Trinajstić information content (AvgIpc) is 3.08. The first-order valence-electron chi connectivity index (χ1n) is 7.24. The first kappa shape index (κ1) is 16.7. The van der Waals surface area contributed by atoms with Gasteiger partial charge in [-0.2, -0.15) is 10.2 Å². The molecule has 2 N–H and O–H groups in total. The number of aromatic hydroxyl groups is 1. The summed E-state index contributed by atoms with van der Waals surface area (Å²) in [5, 5.41) is 29.3. The summed E-state index contributed by atoms with van der Waals surface area (Å²) in [7, 11) is 0. The van der Waals surface area contributed by atoms with Crippen LogP contribution >= 0.6 is 0 Å². The predicted octanol–water partition coefficient (Wildman–Crippen LogP) is 2.69. The number of nitrogens with one attached hydrogen (secondary N) is 1. The summed E-state index contributed by atoms with van der Waals surface area (Å²) >= 11 is 0. The third-order valence-electron chi connectivity index (χ3n) is 3.42. The van der Waals surface area contributed by atoms with E-state index in [0.717, 1.165) is 0 Å². The molecular formula is C17H10N4O5. The van der Waals surface area contributed by atoms with Crippen molar-refractivity contribution in [2.24, 2.45) is 0 Å². The van der Waals surface area contributed by atoms with Gasteiger partial charge in [0.1, 0.15) is 17.3 Å². The van der Waals surface area contributed by atoms with Gasteiger partial charge in [-0.05, 0) is 36.4 Å². The van der Waals surface area contributed by atoms with Gasteiger partial charge >= 0.3 is 11.2 Å². The monoisotopic (exact) mass is 350 g/mol. The summed E-state index contributed by atoms with van der Waals surface area (Å²) in [6.45, 7) is 0. The van der Waals surface area contributed by atoms with Crippen molar-refractivity contribution < 1.29 is 14.4 Å². The third-order valence-corrected chi connectivity index (χ3v) is 3.42. The lowest BCUT2D eigenvalue weighted by Gasteiger charge is -1.99. The number of benzene rings is 1. The normalized spacial score (nSPS) is 10.7. The van der Waals surface area contributed by atoms with Crippen molar-refractivity contribution in [2.45, 2.75) is 0 Å². The zero-order valence-corrected chi connectivity index (χ0v) is 13.0. The van der Waals surface area contributed by atoms with E-state index < -0.39 is 22.0 Å². The fraction of sp³-hybridized carbons (Fsp3) is 0. The van der Waals surface area contributed by atoms with E-state index in [1.807, 2.05) is 0 Å². The van der Waals surface area contributed by atoms with E-state index in [9.17, 15) is 20.0 Å². The van der Waals surface area contributed by atoms with Gasteiger partial charge in [-0.15, -0.1) is 0 Å². The molecule has 0 saturated carbocycles. The molecule has 2 heterocycles. The quantitative estimate of drug-likeness (QED) is 0.543. The van der Waals surface area contributed by atoms with Gasteiger partial charge in [0.25, 0.3) is 5.88 Å². The summed E-state index contributed by atoms with van der Waals surface area (Å²) in [5.74, 6) is -0.169. The maximum atomic E-state index is 11.6. The molecule has 0 radical (unpaired) electrons. The number of nitro groups is 1. The van der Waals surface area contributed by atoms with E-state index in [2.05, 4.69) is 16.0 Å². The first-order chi connectivity index (χ1) is 12.5. The van der Waals surface area contributed by atoms with E-state index in [-0.39, 0.29) is 5.82 Å². The van der Waals surface area contributed by atoms with Crippen LogP contribution in [-0.2, 0) is 0 Å². The number of nitrogens with zero attached hydrogens (tertiary/aromatic N) is 3. The summed E-state index contributed by atoms with van der Waals surface area (Å²) in [6, 6.07) is 12.3. The summed E-state index contributed by atoms with van der Waals surface area (Å²) in [4.78, 5) is 27.0. The molecule has 26 heavy (non-hydrogen) atoms. The Morgan fingerprint density at radius 1 is 1.27 bits per heavy atom. The molecular weight excluding hydrogens is 340 g/mol. The zero-order chi connectivity index (χ0) is 18.7. The van der Waals surface area contributed by atoms with Crippen molar-refractivity contribution in [3.05, 3.63) is 74.0 Å². The Labute approximate surface area is 145 Å². The van der Waals surface area contributed by atoms with E-state index in [4.69, 9.17) is 9.68 Å². The number of hydrogen-bond acceptors (Lipinski definition) is 7. The van der Waals surface area contributed by atoms with Gasteiger partial charge in [0.05, 0.1) is 16.6 Å². The molecule has 2 aromatic heterocycles. The predicted molar refractivity (Wildman–Crippen MR) is 91.0 cm³/mol. The molecule has 0 unspecified atom stereocenters. The Bertz CT molecular complexity index is 1120. The van der Waals surface area contributed by atoms with Gasteiger partial charge in [0.15, 0.2) is 0 Å². The number of hydrogen-bond donors (Lipinski definition) is 2. The molecule has 0 aliphatic heterocycles. The fourth-order valence-corrected chi connectivity index (χ4v) is 2.26. The Morgan fingerprint density at radius 2 is 2.04 bits per heavy atom. The molecule has 9 heteroatoms. The van der Waals surface area contributed by atoms with Crippen LogP contribution in [-0.4, -0.2) is 20.0 Å². The summed E-state index contributed by atoms with van der Waals surface area (Å²) in [5.41, 5.74) is -0.987. The van der Waals surface area contributed by atoms with Crippen LogP contribution in [0.2, 0.25) is 0 Å². The number of aromatic nitrogens is 2. The fourth-order valence-electron chi connectivity index (χ4n) is 2.26. The molecule has 3 rings (SSSR count). The second-order valence-electron chi connectivity index (χ2n) is 5.07. The topological polar surface area (TPSA) is 146 Å². The number of nitriles is 1. The van der Waals surface area contributed by atoms with Crippen LogP contribution in [0.4, 0.5) is 5.69 Å². The SMILES string of the molecule is N#Cc1ccccc1-c1ccc(/C=C/c2nc(O)c([N+](=O)[O-])c(=O)[nH]2)o1. The lowest BCUT2D eigenvalue weighted by molar-refractivity contribution is -0.387. The van der Waals surface area contributed by atoms with Crippen molar-refractivity contribution in [1.29, 1.82) is 5.26 Å². The molecule has 0 bridgehead atoms. The molecule has 9 nitrogen and oxygen atoms in total. The molecule has 0 amide bonds. The van der Waals surface area contributed by atoms with Crippen LogP contribution in [0.3, 0.4) is 0 Å². The van der Waals surface area contributed by atoms with Crippen molar-refractivity contribution in [1.82, 2.24) is 9.97 Å². The number of H-pyrrole nitrogens is 1. The highest BCUT2D eigenvalue weighted by Gasteiger charge is 2.21. The van der Waals surface area contributed by atoms with Gasteiger partial charge in [-0.1, -0.05) is 12.1 Å². The molecule has 0 saturated heterocycles. The molecule has 1 aromatic carbocycles. The smallest absolute Gasteiger partial charge is 0.395 e. The van der Waals surface area contributed by atoms with Crippen LogP contribution in [0.25, 0.3) is 23.5 Å². The van der Waals surface area contributed by atoms with E-state index in [1.54, 1.807) is 36.4 Å². The van der Waals surface area contributed by atoms with E-state index in [1.165, 1.54) is 12.2 Å². The first-order valence-corrected chi connectivity index (χ1v) is 7.24.